The van der Waals surface area contributed by atoms with Crippen LogP contribution in [-0.2, 0) is 9.53 Å². The first-order valence-corrected chi connectivity index (χ1v) is 5.90. The number of nitrogens with zero attached hydrogens (tertiary/aromatic N) is 1. The Morgan fingerprint density at radius 3 is 2.47 bits per heavy atom. The molecule has 1 aromatic carbocycles. The summed E-state index contributed by atoms with van der Waals surface area (Å²) in [6, 6.07) is 6.69. The van der Waals surface area contributed by atoms with Crippen LogP contribution in [-0.4, -0.2) is 47.2 Å². The van der Waals surface area contributed by atoms with Crippen LogP contribution in [0, 0.1) is 0 Å². The first-order valence-electron chi connectivity index (χ1n) is 5.90. The van der Waals surface area contributed by atoms with E-state index in [4.69, 9.17) is 15.6 Å². The van der Waals surface area contributed by atoms with E-state index in [9.17, 15) is 9.59 Å². The summed E-state index contributed by atoms with van der Waals surface area (Å²) < 4.78 is 5.25. The van der Waals surface area contributed by atoms with Crippen LogP contribution in [0.5, 0.6) is 0 Å². The Balaban J connectivity index is 1.91. The second-order valence-corrected chi connectivity index (χ2v) is 4.92. The number of carbonyl (C=O) groups is 2. The van der Waals surface area contributed by atoms with Gasteiger partial charge in [0.15, 0.2) is 0 Å². The Bertz CT molecular complexity index is 492. The van der Waals surface area contributed by atoms with Crippen LogP contribution in [0.15, 0.2) is 24.3 Å². The topological polar surface area (TPSA) is 92.9 Å². The van der Waals surface area contributed by atoms with Gasteiger partial charge in [-0.3, -0.25) is 4.79 Å². The number of nitrogen functional groups attached to an aromatic ring is 1. The van der Waals surface area contributed by atoms with Crippen LogP contribution in [0.1, 0.15) is 17.3 Å². The van der Waals surface area contributed by atoms with Crippen molar-refractivity contribution in [1.82, 2.24) is 4.90 Å². The minimum absolute atomic E-state index is 0.101. The lowest BCUT2D eigenvalue weighted by Crippen LogP contribution is -2.63. The molecule has 1 aromatic rings. The number of anilines is 1. The van der Waals surface area contributed by atoms with Gasteiger partial charge in [-0.25, -0.2) is 4.79 Å². The standard InChI is InChI=1S/C13H16N2O4/c1-13(19-6-11(16)17)7-15(8-13)12(18)9-2-4-10(14)5-3-9/h2-5H,6-8,14H2,1H3,(H,16,17). The number of hydrogen-bond acceptors (Lipinski definition) is 4. The molecule has 2 rings (SSSR count). The molecule has 0 saturated carbocycles. The highest BCUT2D eigenvalue weighted by Crippen LogP contribution is 2.26. The highest BCUT2D eigenvalue weighted by molar-refractivity contribution is 5.95. The molecule has 1 amide bonds. The number of hydrogen-bond donors (Lipinski definition) is 2. The normalized spacial score (nSPS) is 16.8. The number of ether oxygens (including phenoxy) is 1. The summed E-state index contributed by atoms with van der Waals surface area (Å²) in [4.78, 5) is 24.1. The number of carboxylic acids is 1. The first kappa shape index (κ1) is 13.4. The minimum Gasteiger partial charge on any atom is -0.480 e. The Labute approximate surface area is 110 Å². The van der Waals surface area contributed by atoms with Crippen molar-refractivity contribution in [2.45, 2.75) is 12.5 Å². The monoisotopic (exact) mass is 264 g/mol. The number of carbonyl (C=O) groups excluding carboxylic acids is 1. The molecular weight excluding hydrogens is 248 g/mol. The van der Waals surface area contributed by atoms with Gasteiger partial charge in [-0.2, -0.15) is 0 Å². The number of likely N-dealkylation sites (tertiary alicyclic amines) is 1. The van der Waals surface area contributed by atoms with Gasteiger partial charge in [-0.1, -0.05) is 0 Å². The Hall–Kier alpha value is -2.08. The van der Waals surface area contributed by atoms with Gasteiger partial charge in [0.1, 0.15) is 12.2 Å². The van der Waals surface area contributed by atoms with Crippen molar-refractivity contribution in [2.75, 3.05) is 25.4 Å². The maximum Gasteiger partial charge on any atom is 0.329 e. The molecule has 6 nitrogen and oxygen atoms in total. The van der Waals surface area contributed by atoms with E-state index >= 15 is 0 Å². The van der Waals surface area contributed by atoms with Gasteiger partial charge in [-0.15, -0.1) is 0 Å². The average molecular weight is 264 g/mol. The summed E-state index contributed by atoms with van der Waals surface area (Å²) >= 11 is 0. The van der Waals surface area contributed by atoms with Crippen molar-refractivity contribution in [3.63, 3.8) is 0 Å². The molecule has 3 N–H and O–H groups in total. The maximum absolute atomic E-state index is 12.1. The molecule has 0 radical (unpaired) electrons. The summed E-state index contributed by atoms with van der Waals surface area (Å²) in [7, 11) is 0. The average Bonchev–Trinajstić information content (AvgIpc) is 2.33. The summed E-state index contributed by atoms with van der Waals surface area (Å²) in [5.74, 6) is -1.11. The molecule has 0 unspecified atom stereocenters. The fraction of sp³-hybridized carbons (Fsp3) is 0.385. The van der Waals surface area contributed by atoms with Crippen LogP contribution < -0.4 is 5.73 Å². The van der Waals surface area contributed by atoms with Crippen molar-refractivity contribution in [2.24, 2.45) is 0 Å². The molecule has 0 aromatic heterocycles. The van der Waals surface area contributed by atoms with E-state index in [2.05, 4.69) is 0 Å². The second kappa shape index (κ2) is 4.89. The molecule has 1 fully saturated rings. The zero-order chi connectivity index (χ0) is 14.0. The van der Waals surface area contributed by atoms with Gasteiger partial charge in [0.05, 0.1) is 13.1 Å². The summed E-state index contributed by atoms with van der Waals surface area (Å²) in [5.41, 5.74) is 6.16. The van der Waals surface area contributed by atoms with Gasteiger partial charge in [0.2, 0.25) is 0 Å². The maximum atomic E-state index is 12.1. The predicted molar refractivity (Wildman–Crippen MR) is 68.8 cm³/mol. The van der Waals surface area contributed by atoms with Crippen molar-refractivity contribution < 1.29 is 19.4 Å². The number of carboxylic acid groups (broad SMARTS) is 1. The minimum atomic E-state index is -1.01. The molecule has 0 bridgehead atoms. The Morgan fingerprint density at radius 1 is 1.37 bits per heavy atom. The van der Waals surface area contributed by atoms with Gasteiger partial charge in [0, 0.05) is 11.3 Å². The smallest absolute Gasteiger partial charge is 0.329 e. The Kier molecular flexibility index (Phi) is 3.44. The molecule has 0 aliphatic carbocycles. The summed E-state index contributed by atoms with van der Waals surface area (Å²) in [5, 5.41) is 8.56. The molecule has 6 heteroatoms. The predicted octanol–water partition coefficient (Wildman–Crippen LogP) is 0.584. The second-order valence-electron chi connectivity index (χ2n) is 4.92. The van der Waals surface area contributed by atoms with Crippen LogP contribution in [0.3, 0.4) is 0 Å². The van der Waals surface area contributed by atoms with E-state index in [0.717, 1.165) is 0 Å². The van der Waals surface area contributed by atoms with E-state index in [-0.39, 0.29) is 12.5 Å². The molecule has 0 atom stereocenters. The van der Waals surface area contributed by atoms with E-state index in [1.54, 1.807) is 36.1 Å². The van der Waals surface area contributed by atoms with E-state index < -0.39 is 11.6 Å². The van der Waals surface area contributed by atoms with E-state index in [1.807, 2.05) is 0 Å². The summed E-state index contributed by atoms with van der Waals surface area (Å²) in [6.07, 6.45) is 0. The van der Waals surface area contributed by atoms with Crippen LogP contribution in [0.4, 0.5) is 5.69 Å². The summed E-state index contributed by atoms with van der Waals surface area (Å²) in [6.45, 7) is 2.23. The third kappa shape index (κ3) is 3.03. The lowest BCUT2D eigenvalue weighted by atomic mass is 9.95. The van der Waals surface area contributed by atoms with E-state index in [0.29, 0.717) is 24.3 Å². The van der Waals surface area contributed by atoms with Crippen LogP contribution >= 0.6 is 0 Å². The van der Waals surface area contributed by atoms with Gasteiger partial charge in [-0.05, 0) is 31.2 Å². The largest absolute Gasteiger partial charge is 0.480 e. The van der Waals surface area contributed by atoms with Gasteiger partial charge < -0.3 is 20.5 Å². The quantitative estimate of drug-likeness (QED) is 0.776. The number of benzene rings is 1. The van der Waals surface area contributed by atoms with Crippen molar-refractivity contribution in [1.29, 1.82) is 0 Å². The lowest BCUT2D eigenvalue weighted by Gasteiger charge is -2.47. The van der Waals surface area contributed by atoms with Crippen molar-refractivity contribution >= 4 is 17.6 Å². The number of nitrogens with two attached hydrogens (primary N) is 1. The molecule has 102 valence electrons. The molecule has 0 spiro atoms. The number of amides is 1. The SMILES string of the molecule is CC1(OCC(=O)O)CN(C(=O)c2ccc(N)cc2)C1. The van der Waals surface area contributed by atoms with Crippen LogP contribution in [0.2, 0.25) is 0 Å². The van der Waals surface area contributed by atoms with Crippen molar-refractivity contribution in [3.8, 4) is 0 Å². The lowest BCUT2D eigenvalue weighted by molar-refractivity contribution is -0.159. The van der Waals surface area contributed by atoms with Crippen molar-refractivity contribution in [3.05, 3.63) is 29.8 Å². The molecule has 1 aliphatic heterocycles. The zero-order valence-corrected chi connectivity index (χ0v) is 10.6. The third-order valence-electron chi connectivity index (χ3n) is 3.04. The number of rotatable bonds is 4. The van der Waals surface area contributed by atoms with E-state index in [1.165, 1.54) is 0 Å². The van der Waals surface area contributed by atoms with Crippen LogP contribution in [0.25, 0.3) is 0 Å². The molecule has 1 saturated heterocycles. The third-order valence-corrected chi connectivity index (χ3v) is 3.04. The number of aliphatic carboxylic acids is 1. The van der Waals surface area contributed by atoms with Gasteiger partial charge >= 0.3 is 5.97 Å². The molecule has 1 heterocycles. The fourth-order valence-corrected chi connectivity index (χ4v) is 2.04. The molecule has 1 aliphatic rings. The first-order chi connectivity index (χ1) is 8.89. The molecule has 19 heavy (non-hydrogen) atoms. The highest BCUT2D eigenvalue weighted by Gasteiger charge is 2.42. The highest BCUT2D eigenvalue weighted by atomic mass is 16.5. The fourth-order valence-electron chi connectivity index (χ4n) is 2.04. The Morgan fingerprint density at radius 2 is 1.95 bits per heavy atom. The zero-order valence-electron chi connectivity index (χ0n) is 10.6. The van der Waals surface area contributed by atoms with Gasteiger partial charge in [0.25, 0.3) is 5.91 Å². The molecular formula is C13H16N2O4.